The molecule has 2 fully saturated rings. The Bertz CT molecular complexity index is 556. The van der Waals surface area contributed by atoms with Gasteiger partial charge in [0.2, 0.25) is 0 Å². The van der Waals surface area contributed by atoms with Crippen LogP contribution >= 0.6 is 11.6 Å². The van der Waals surface area contributed by atoms with Gasteiger partial charge in [-0.15, -0.1) is 0 Å². The fourth-order valence-electron chi connectivity index (χ4n) is 4.82. The Hall–Kier alpha value is -1.16. The van der Waals surface area contributed by atoms with Gasteiger partial charge in [0.1, 0.15) is 12.0 Å². The summed E-state index contributed by atoms with van der Waals surface area (Å²) in [7, 11) is 2.11. The highest BCUT2D eigenvalue weighted by atomic mass is 35.5. The molecule has 1 aromatic heterocycles. The third-order valence-electron chi connectivity index (χ3n) is 5.64. The molecule has 22 heavy (non-hydrogen) atoms. The van der Waals surface area contributed by atoms with E-state index in [9.17, 15) is 0 Å². The lowest BCUT2D eigenvalue weighted by Crippen LogP contribution is -2.51. The van der Waals surface area contributed by atoms with Crippen molar-refractivity contribution in [3.63, 3.8) is 0 Å². The molecule has 2 aliphatic rings. The molecule has 4 nitrogen and oxygen atoms in total. The molecule has 3 rings (SSSR count). The van der Waals surface area contributed by atoms with Gasteiger partial charge in [0.25, 0.3) is 0 Å². The number of aliphatic imine (C=N–C) groups is 1. The lowest BCUT2D eigenvalue weighted by Gasteiger charge is -2.51. The van der Waals surface area contributed by atoms with Crippen LogP contribution in [-0.2, 0) is 0 Å². The van der Waals surface area contributed by atoms with Gasteiger partial charge in [0.15, 0.2) is 11.0 Å². The van der Waals surface area contributed by atoms with Crippen LogP contribution in [0.3, 0.4) is 0 Å². The Balaban J connectivity index is 1.90. The minimum absolute atomic E-state index is 0.102. The number of halogens is 1. The predicted molar refractivity (Wildman–Crippen MR) is 92.3 cm³/mol. The van der Waals surface area contributed by atoms with Gasteiger partial charge < -0.3 is 4.90 Å². The van der Waals surface area contributed by atoms with E-state index in [0.717, 1.165) is 23.6 Å². The Labute approximate surface area is 138 Å². The SMILES string of the molecule is C=Nc1c(Cl)ncnc1N(C)C1(C)CC2CC(C)CC(C2)C1. The number of aromatic nitrogens is 2. The van der Waals surface area contributed by atoms with Crippen molar-refractivity contribution in [2.24, 2.45) is 22.7 Å². The van der Waals surface area contributed by atoms with Crippen LogP contribution in [0.15, 0.2) is 11.3 Å². The third-order valence-corrected chi connectivity index (χ3v) is 5.92. The summed E-state index contributed by atoms with van der Waals surface area (Å²) < 4.78 is 0. The predicted octanol–water partition coefficient (Wildman–Crippen LogP) is 4.50. The zero-order valence-corrected chi connectivity index (χ0v) is 14.5. The molecule has 2 unspecified atom stereocenters. The number of rotatable bonds is 3. The van der Waals surface area contributed by atoms with Crippen molar-refractivity contribution in [1.29, 1.82) is 0 Å². The second-order valence-electron chi connectivity index (χ2n) is 7.50. The van der Waals surface area contributed by atoms with Crippen LogP contribution in [0, 0.1) is 17.8 Å². The van der Waals surface area contributed by atoms with E-state index < -0.39 is 0 Å². The van der Waals surface area contributed by atoms with E-state index in [1.54, 1.807) is 0 Å². The van der Waals surface area contributed by atoms with E-state index in [1.807, 2.05) is 0 Å². The van der Waals surface area contributed by atoms with Crippen LogP contribution in [-0.4, -0.2) is 29.3 Å². The molecule has 1 aromatic rings. The number of fused-ring (bicyclic) bond motifs is 2. The molecule has 2 saturated carbocycles. The summed E-state index contributed by atoms with van der Waals surface area (Å²) >= 11 is 6.16. The molecular weight excluding hydrogens is 296 g/mol. The molecule has 0 saturated heterocycles. The van der Waals surface area contributed by atoms with Gasteiger partial charge in [-0.25, -0.2) is 9.97 Å². The molecule has 1 heterocycles. The number of nitrogens with zero attached hydrogens (tertiary/aromatic N) is 4. The maximum atomic E-state index is 6.16. The van der Waals surface area contributed by atoms with E-state index in [-0.39, 0.29) is 5.54 Å². The Morgan fingerprint density at radius 2 is 1.91 bits per heavy atom. The first-order valence-electron chi connectivity index (χ1n) is 8.14. The van der Waals surface area contributed by atoms with E-state index in [1.165, 1.54) is 38.4 Å². The molecule has 0 radical (unpaired) electrons. The molecule has 2 atom stereocenters. The first-order valence-corrected chi connectivity index (χ1v) is 8.52. The van der Waals surface area contributed by atoms with Crippen molar-refractivity contribution in [2.75, 3.05) is 11.9 Å². The molecule has 0 aromatic carbocycles. The highest BCUT2D eigenvalue weighted by molar-refractivity contribution is 6.32. The van der Waals surface area contributed by atoms with Crippen molar-refractivity contribution < 1.29 is 0 Å². The number of hydrogen-bond acceptors (Lipinski definition) is 4. The highest BCUT2D eigenvalue weighted by Gasteiger charge is 2.44. The van der Waals surface area contributed by atoms with Gasteiger partial charge in [-0.3, -0.25) is 4.99 Å². The normalized spacial score (nSPS) is 34.3. The van der Waals surface area contributed by atoms with Crippen molar-refractivity contribution in [2.45, 2.75) is 51.5 Å². The van der Waals surface area contributed by atoms with Gasteiger partial charge in [-0.2, -0.15) is 0 Å². The Morgan fingerprint density at radius 1 is 1.27 bits per heavy atom. The smallest absolute Gasteiger partial charge is 0.160 e. The van der Waals surface area contributed by atoms with Crippen LogP contribution in [0.25, 0.3) is 0 Å². The van der Waals surface area contributed by atoms with Crippen molar-refractivity contribution in [1.82, 2.24) is 9.97 Å². The summed E-state index contributed by atoms with van der Waals surface area (Å²) in [4.78, 5) is 14.8. The maximum absolute atomic E-state index is 6.16. The number of anilines is 1. The summed E-state index contributed by atoms with van der Waals surface area (Å²) in [5, 5.41) is 0.375. The van der Waals surface area contributed by atoms with Crippen LogP contribution in [0.2, 0.25) is 5.15 Å². The Morgan fingerprint density at radius 3 is 2.50 bits per heavy atom. The minimum Gasteiger partial charge on any atom is -0.352 e. The van der Waals surface area contributed by atoms with Crippen molar-refractivity contribution in [3.8, 4) is 0 Å². The molecule has 0 amide bonds. The van der Waals surface area contributed by atoms with Crippen molar-refractivity contribution >= 4 is 29.8 Å². The summed E-state index contributed by atoms with van der Waals surface area (Å²) in [6.07, 6.45) is 8.04. The van der Waals surface area contributed by atoms with E-state index in [4.69, 9.17) is 11.6 Å². The van der Waals surface area contributed by atoms with Crippen LogP contribution in [0.1, 0.15) is 46.0 Å². The number of hydrogen-bond donors (Lipinski definition) is 0. The molecule has 0 spiro atoms. The molecule has 2 aliphatic carbocycles. The molecular formula is C17H25ClN4. The molecule has 5 heteroatoms. The quantitative estimate of drug-likeness (QED) is 0.608. The van der Waals surface area contributed by atoms with E-state index in [0.29, 0.717) is 10.8 Å². The van der Waals surface area contributed by atoms with Gasteiger partial charge in [-0.1, -0.05) is 18.5 Å². The minimum atomic E-state index is 0.102. The molecule has 0 N–H and O–H groups in total. The van der Waals surface area contributed by atoms with E-state index >= 15 is 0 Å². The molecule has 120 valence electrons. The summed E-state index contributed by atoms with van der Waals surface area (Å²) in [5.74, 6) is 3.32. The summed E-state index contributed by atoms with van der Waals surface area (Å²) in [6, 6.07) is 0. The fraction of sp³-hybridized carbons (Fsp3) is 0.706. The zero-order valence-electron chi connectivity index (χ0n) is 13.7. The molecule has 2 bridgehead atoms. The van der Waals surface area contributed by atoms with Gasteiger partial charge in [-0.05, 0) is 63.5 Å². The fourth-order valence-corrected chi connectivity index (χ4v) is 5.01. The highest BCUT2D eigenvalue weighted by Crippen LogP contribution is 2.49. The maximum Gasteiger partial charge on any atom is 0.160 e. The monoisotopic (exact) mass is 320 g/mol. The topological polar surface area (TPSA) is 41.4 Å². The van der Waals surface area contributed by atoms with Crippen LogP contribution in [0.4, 0.5) is 11.5 Å². The summed E-state index contributed by atoms with van der Waals surface area (Å²) in [6.45, 7) is 8.38. The van der Waals surface area contributed by atoms with E-state index in [2.05, 4.69) is 47.5 Å². The average Bonchev–Trinajstić information content (AvgIpc) is 2.44. The largest absolute Gasteiger partial charge is 0.352 e. The Kier molecular flexibility index (Phi) is 4.15. The lowest BCUT2D eigenvalue weighted by molar-refractivity contribution is 0.0906. The molecule has 0 aliphatic heterocycles. The van der Waals surface area contributed by atoms with Gasteiger partial charge >= 0.3 is 0 Å². The lowest BCUT2D eigenvalue weighted by atomic mass is 9.62. The second-order valence-corrected chi connectivity index (χ2v) is 7.86. The first-order chi connectivity index (χ1) is 10.4. The first kappa shape index (κ1) is 15.7. The zero-order chi connectivity index (χ0) is 15.9. The van der Waals surface area contributed by atoms with Crippen LogP contribution in [0.5, 0.6) is 0 Å². The van der Waals surface area contributed by atoms with Crippen LogP contribution < -0.4 is 4.90 Å². The van der Waals surface area contributed by atoms with Gasteiger partial charge in [0, 0.05) is 12.6 Å². The second kappa shape index (κ2) is 5.80. The standard InChI is InChI=1S/C17H25ClN4/c1-11-5-12-7-13(6-11)9-17(2,8-12)22(4)16-14(19-3)15(18)20-10-21-16/h10-13H,3,5-9H2,1-2,4H3. The van der Waals surface area contributed by atoms with Gasteiger partial charge in [0.05, 0.1) is 0 Å². The van der Waals surface area contributed by atoms with Crippen molar-refractivity contribution in [3.05, 3.63) is 11.5 Å². The summed E-state index contributed by atoms with van der Waals surface area (Å²) in [5.41, 5.74) is 0.696. The third kappa shape index (κ3) is 2.73. The average molecular weight is 321 g/mol.